The van der Waals surface area contributed by atoms with E-state index in [-0.39, 0.29) is 18.6 Å². The fourth-order valence-electron chi connectivity index (χ4n) is 2.89. The average Bonchev–Trinajstić information content (AvgIpc) is 3.46. The minimum Gasteiger partial charge on any atom is -0.496 e. The number of aliphatic hydroxyl groups excluding tert-OH is 1. The lowest BCUT2D eigenvalue weighted by Crippen LogP contribution is -2.37. The van der Waals surface area contributed by atoms with Crippen molar-refractivity contribution in [2.24, 2.45) is 5.92 Å². The number of pyridine rings is 1. The first kappa shape index (κ1) is 16.5. The normalized spacial score (nSPS) is 14.9. The number of hydrogen-bond donors (Lipinski definition) is 2. The molecule has 1 saturated carbocycles. The van der Waals surface area contributed by atoms with Gasteiger partial charge in [0.1, 0.15) is 5.75 Å². The first-order valence-corrected chi connectivity index (χ1v) is 8.24. The van der Waals surface area contributed by atoms with Crippen molar-refractivity contribution in [3.8, 4) is 17.0 Å². The molecule has 1 unspecified atom stereocenters. The van der Waals surface area contributed by atoms with Crippen molar-refractivity contribution in [1.82, 2.24) is 10.3 Å². The van der Waals surface area contributed by atoms with Gasteiger partial charge in [-0.3, -0.25) is 9.78 Å². The second kappa shape index (κ2) is 7.45. The maximum atomic E-state index is 12.6. The van der Waals surface area contributed by atoms with E-state index in [1.165, 1.54) is 0 Å². The molecule has 3 rings (SSSR count). The zero-order chi connectivity index (χ0) is 16.9. The number of hydrogen-bond acceptors (Lipinski definition) is 4. The fraction of sp³-hybridized carbons (Fsp3) is 0.368. The first-order valence-electron chi connectivity index (χ1n) is 8.24. The van der Waals surface area contributed by atoms with E-state index in [1.807, 2.05) is 18.2 Å². The van der Waals surface area contributed by atoms with Crippen LogP contribution in [0.3, 0.4) is 0 Å². The number of carbonyl (C=O) groups excluding carboxylic acids is 1. The van der Waals surface area contributed by atoms with Gasteiger partial charge in [-0.1, -0.05) is 6.07 Å². The van der Waals surface area contributed by atoms with Crippen LogP contribution >= 0.6 is 0 Å². The Kier molecular flexibility index (Phi) is 5.11. The molecule has 0 spiro atoms. The second-order valence-corrected chi connectivity index (χ2v) is 6.06. The summed E-state index contributed by atoms with van der Waals surface area (Å²) in [6.07, 6.45) is 4.55. The highest BCUT2D eigenvalue weighted by molar-refractivity contribution is 5.96. The van der Waals surface area contributed by atoms with E-state index in [0.717, 1.165) is 24.1 Å². The lowest BCUT2D eigenvalue weighted by Gasteiger charge is -2.18. The van der Waals surface area contributed by atoms with Crippen LogP contribution in [0.1, 0.15) is 29.6 Å². The van der Waals surface area contributed by atoms with Crippen LogP contribution < -0.4 is 10.1 Å². The summed E-state index contributed by atoms with van der Waals surface area (Å²) in [5, 5.41) is 12.2. The molecule has 1 aliphatic rings. The van der Waals surface area contributed by atoms with Crippen LogP contribution in [0.5, 0.6) is 5.75 Å². The molecule has 0 saturated heterocycles. The number of benzene rings is 1. The highest BCUT2D eigenvalue weighted by Gasteiger charge is 2.32. The van der Waals surface area contributed by atoms with Gasteiger partial charge in [0.2, 0.25) is 0 Å². The van der Waals surface area contributed by atoms with Gasteiger partial charge in [0, 0.05) is 30.0 Å². The van der Waals surface area contributed by atoms with Crippen molar-refractivity contribution in [2.75, 3.05) is 13.7 Å². The summed E-state index contributed by atoms with van der Waals surface area (Å²) in [4.78, 5) is 16.9. The smallest absolute Gasteiger partial charge is 0.251 e. The Morgan fingerprint density at radius 1 is 1.38 bits per heavy atom. The van der Waals surface area contributed by atoms with Gasteiger partial charge in [-0.2, -0.15) is 0 Å². The summed E-state index contributed by atoms with van der Waals surface area (Å²) in [5.74, 6) is 1.05. The number of amides is 1. The Bertz CT molecular complexity index is 699. The largest absolute Gasteiger partial charge is 0.496 e. The predicted octanol–water partition coefficient (Wildman–Crippen LogP) is 2.65. The molecule has 1 aromatic carbocycles. The molecule has 1 heterocycles. The minimum absolute atomic E-state index is 0.0444. The number of rotatable bonds is 7. The SMILES string of the molecule is COc1ccc(C(=O)NC(CCO)C2CC2)cc1-c1ccccn1. The monoisotopic (exact) mass is 326 g/mol. The molecular weight excluding hydrogens is 304 g/mol. The number of nitrogens with one attached hydrogen (secondary N) is 1. The van der Waals surface area contributed by atoms with E-state index in [1.54, 1.807) is 31.5 Å². The predicted molar refractivity (Wildman–Crippen MR) is 91.9 cm³/mol. The Hall–Kier alpha value is -2.40. The Morgan fingerprint density at radius 3 is 2.83 bits per heavy atom. The summed E-state index contributed by atoms with van der Waals surface area (Å²) < 4.78 is 5.40. The number of methoxy groups -OCH3 is 1. The molecule has 1 fully saturated rings. The third kappa shape index (κ3) is 3.74. The van der Waals surface area contributed by atoms with Gasteiger partial charge in [0.05, 0.1) is 12.8 Å². The Morgan fingerprint density at radius 2 is 2.21 bits per heavy atom. The van der Waals surface area contributed by atoms with Gasteiger partial charge in [-0.25, -0.2) is 0 Å². The van der Waals surface area contributed by atoms with Crippen molar-refractivity contribution >= 4 is 5.91 Å². The van der Waals surface area contributed by atoms with Crippen LogP contribution in [0.15, 0.2) is 42.6 Å². The molecule has 2 N–H and O–H groups in total. The average molecular weight is 326 g/mol. The lowest BCUT2D eigenvalue weighted by atomic mass is 10.0. The topological polar surface area (TPSA) is 71.5 Å². The van der Waals surface area contributed by atoms with Crippen LogP contribution in [0, 0.1) is 5.92 Å². The third-order valence-electron chi connectivity index (χ3n) is 4.35. The molecule has 24 heavy (non-hydrogen) atoms. The number of carbonyl (C=O) groups is 1. The van der Waals surface area contributed by atoms with Gasteiger partial charge >= 0.3 is 0 Å². The van der Waals surface area contributed by atoms with Crippen LogP contribution in [-0.4, -0.2) is 35.8 Å². The maximum Gasteiger partial charge on any atom is 0.251 e. The van der Waals surface area contributed by atoms with E-state index in [4.69, 9.17) is 4.74 Å². The maximum absolute atomic E-state index is 12.6. The zero-order valence-electron chi connectivity index (χ0n) is 13.7. The zero-order valence-corrected chi connectivity index (χ0v) is 13.7. The second-order valence-electron chi connectivity index (χ2n) is 6.06. The van der Waals surface area contributed by atoms with Crippen molar-refractivity contribution in [3.63, 3.8) is 0 Å². The molecule has 5 heteroatoms. The fourth-order valence-corrected chi connectivity index (χ4v) is 2.89. The Labute approximate surface area is 141 Å². The molecular formula is C19H22N2O3. The molecule has 1 amide bonds. The highest BCUT2D eigenvalue weighted by Crippen LogP contribution is 2.34. The number of ether oxygens (including phenoxy) is 1. The van der Waals surface area contributed by atoms with Gasteiger partial charge in [-0.15, -0.1) is 0 Å². The van der Waals surface area contributed by atoms with Crippen LogP contribution in [0.25, 0.3) is 11.3 Å². The Balaban J connectivity index is 1.84. The summed E-state index contributed by atoms with van der Waals surface area (Å²) >= 11 is 0. The molecule has 1 atom stereocenters. The van der Waals surface area contributed by atoms with Gasteiger partial charge in [0.25, 0.3) is 5.91 Å². The van der Waals surface area contributed by atoms with E-state index in [0.29, 0.717) is 23.7 Å². The van der Waals surface area contributed by atoms with Crippen molar-refractivity contribution < 1.29 is 14.6 Å². The van der Waals surface area contributed by atoms with E-state index < -0.39 is 0 Å². The standard InChI is InChI=1S/C19H22N2O3/c1-24-18-8-7-14(12-15(18)17-4-2-3-10-20-17)19(23)21-16(9-11-22)13-5-6-13/h2-4,7-8,10,12-13,16,22H,5-6,9,11H2,1H3,(H,21,23). The van der Waals surface area contributed by atoms with Gasteiger partial charge in [0.15, 0.2) is 0 Å². The highest BCUT2D eigenvalue weighted by atomic mass is 16.5. The van der Waals surface area contributed by atoms with Crippen molar-refractivity contribution in [3.05, 3.63) is 48.2 Å². The lowest BCUT2D eigenvalue weighted by molar-refractivity contribution is 0.0924. The summed E-state index contributed by atoms with van der Waals surface area (Å²) in [6, 6.07) is 11.0. The number of aromatic nitrogens is 1. The summed E-state index contributed by atoms with van der Waals surface area (Å²) in [5.41, 5.74) is 2.12. The van der Waals surface area contributed by atoms with Crippen molar-refractivity contribution in [1.29, 1.82) is 0 Å². The molecule has 1 aromatic heterocycles. The van der Waals surface area contributed by atoms with E-state index in [9.17, 15) is 9.90 Å². The van der Waals surface area contributed by atoms with Gasteiger partial charge in [-0.05, 0) is 55.5 Å². The molecule has 5 nitrogen and oxygen atoms in total. The van der Waals surface area contributed by atoms with Crippen LogP contribution in [0.2, 0.25) is 0 Å². The molecule has 1 aliphatic carbocycles. The quantitative estimate of drug-likeness (QED) is 0.820. The molecule has 126 valence electrons. The van der Waals surface area contributed by atoms with E-state index in [2.05, 4.69) is 10.3 Å². The molecule has 0 radical (unpaired) electrons. The van der Waals surface area contributed by atoms with E-state index >= 15 is 0 Å². The molecule has 2 aromatic rings. The molecule has 0 aliphatic heterocycles. The van der Waals surface area contributed by atoms with Crippen molar-refractivity contribution in [2.45, 2.75) is 25.3 Å². The third-order valence-corrected chi connectivity index (χ3v) is 4.35. The molecule has 0 bridgehead atoms. The number of aliphatic hydroxyl groups is 1. The van der Waals surface area contributed by atoms with Gasteiger partial charge < -0.3 is 15.2 Å². The summed E-state index contributed by atoms with van der Waals surface area (Å²) in [6.45, 7) is 0.0866. The summed E-state index contributed by atoms with van der Waals surface area (Å²) in [7, 11) is 1.60. The first-order chi connectivity index (χ1) is 11.7. The minimum atomic E-state index is -0.125. The number of nitrogens with zero attached hydrogens (tertiary/aromatic N) is 1. The van der Waals surface area contributed by atoms with Crippen LogP contribution in [-0.2, 0) is 0 Å². The van der Waals surface area contributed by atoms with Crippen LogP contribution in [0.4, 0.5) is 0 Å².